The summed E-state index contributed by atoms with van der Waals surface area (Å²) in [6.45, 7) is 0. The minimum atomic E-state index is 0.588. The van der Waals surface area contributed by atoms with E-state index in [1.165, 1.54) is 5.56 Å². The van der Waals surface area contributed by atoms with E-state index in [4.69, 9.17) is 33.2 Å². The lowest BCUT2D eigenvalue weighted by atomic mass is 10.0. The van der Waals surface area contributed by atoms with Crippen LogP contribution in [0.15, 0.2) is 72.8 Å². The molecule has 0 atom stereocenters. The number of ether oxygens (including phenoxy) is 7. The second-order valence-corrected chi connectivity index (χ2v) is 9.45. The third-order valence-electron chi connectivity index (χ3n) is 6.94. The lowest BCUT2D eigenvalue weighted by Crippen LogP contribution is -2.00. The van der Waals surface area contributed by atoms with Crippen LogP contribution >= 0.6 is 0 Å². The van der Waals surface area contributed by atoms with Crippen molar-refractivity contribution >= 4 is 0 Å². The summed E-state index contributed by atoms with van der Waals surface area (Å²) in [5.41, 5.74) is 4.44. The lowest BCUT2D eigenvalue weighted by Gasteiger charge is -2.16. The minimum Gasteiger partial charge on any atom is -0.497 e. The Morgan fingerprint density at radius 1 is 0.415 bits per heavy atom. The summed E-state index contributed by atoms with van der Waals surface area (Å²) in [7, 11) is 9.83. The van der Waals surface area contributed by atoms with E-state index >= 15 is 0 Å². The summed E-state index contributed by atoms with van der Waals surface area (Å²) in [6, 6.07) is 24.0. The van der Waals surface area contributed by atoms with E-state index < -0.39 is 0 Å². The van der Waals surface area contributed by atoms with Gasteiger partial charge in [-0.3, -0.25) is 0 Å². The van der Waals surface area contributed by atoms with E-state index in [-0.39, 0.29) is 0 Å². The van der Waals surface area contributed by atoms with Crippen LogP contribution < -0.4 is 33.2 Å². The molecule has 0 aliphatic heterocycles. The van der Waals surface area contributed by atoms with Crippen molar-refractivity contribution in [2.45, 2.75) is 25.7 Å². The molecule has 0 radical (unpaired) electrons. The molecule has 7 nitrogen and oxygen atoms in total. The zero-order valence-corrected chi connectivity index (χ0v) is 24.6. The van der Waals surface area contributed by atoms with Crippen LogP contribution in [-0.4, -0.2) is 42.7 Å². The van der Waals surface area contributed by atoms with Crippen LogP contribution in [0, 0.1) is 0 Å². The highest BCUT2D eigenvalue weighted by Gasteiger charge is 2.15. The Morgan fingerprint density at radius 2 is 0.976 bits per heavy atom. The van der Waals surface area contributed by atoms with Crippen LogP contribution in [0.2, 0.25) is 0 Å². The molecule has 0 aliphatic carbocycles. The van der Waals surface area contributed by atoms with Gasteiger partial charge in [-0.1, -0.05) is 24.3 Å². The third-order valence-corrected chi connectivity index (χ3v) is 6.94. The van der Waals surface area contributed by atoms with Crippen molar-refractivity contribution in [3.05, 3.63) is 95.1 Å². The fourth-order valence-corrected chi connectivity index (χ4v) is 4.77. The third kappa shape index (κ3) is 7.37. The summed E-state index contributed by atoms with van der Waals surface area (Å²) >= 11 is 0. The summed E-state index contributed by atoms with van der Waals surface area (Å²) in [5.74, 6) is 5.46. The Balaban J connectivity index is 1.51. The van der Waals surface area contributed by atoms with Gasteiger partial charge in [-0.15, -0.1) is 0 Å². The average molecular weight is 559 g/mol. The predicted octanol–water partition coefficient (Wildman–Crippen LogP) is 7.10. The molecule has 0 unspecified atom stereocenters. The average Bonchev–Trinajstić information content (AvgIpc) is 3.02. The molecule has 0 fully saturated rings. The number of methoxy groups -OCH3 is 6. The van der Waals surface area contributed by atoms with Crippen LogP contribution in [0.5, 0.6) is 46.0 Å². The summed E-state index contributed by atoms with van der Waals surface area (Å²) in [4.78, 5) is 0. The first-order valence-electron chi connectivity index (χ1n) is 13.4. The van der Waals surface area contributed by atoms with Gasteiger partial charge in [-0.05, 0) is 90.4 Å². The smallest absolute Gasteiger partial charge is 0.203 e. The summed E-state index contributed by atoms with van der Waals surface area (Å²) in [5, 5.41) is 0. The maximum Gasteiger partial charge on any atom is 0.203 e. The Morgan fingerprint density at radius 3 is 1.56 bits per heavy atom. The monoisotopic (exact) mass is 558 g/mol. The quantitative estimate of drug-likeness (QED) is 0.164. The zero-order chi connectivity index (χ0) is 29.2. The van der Waals surface area contributed by atoms with Crippen LogP contribution in [0.25, 0.3) is 0 Å². The van der Waals surface area contributed by atoms with Crippen molar-refractivity contribution in [1.82, 2.24) is 0 Å². The van der Waals surface area contributed by atoms with E-state index in [1.54, 1.807) is 42.7 Å². The Kier molecular flexibility index (Phi) is 10.2. The van der Waals surface area contributed by atoms with E-state index in [0.29, 0.717) is 28.7 Å². The van der Waals surface area contributed by atoms with Gasteiger partial charge < -0.3 is 33.2 Å². The molecule has 0 N–H and O–H groups in total. The second-order valence-electron chi connectivity index (χ2n) is 9.45. The normalized spacial score (nSPS) is 10.6. The van der Waals surface area contributed by atoms with Crippen molar-refractivity contribution in [3.8, 4) is 46.0 Å². The lowest BCUT2D eigenvalue weighted by molar-refractivity contribution is 0.324. The molecule has 216 valence electrons. The molecule has 0 amide bonds. The fraction of sp³-hybridized carbons (Fsp3) is 0.294. The van der Waals surface area contributed by atoms with Crippen LogP contribution in [-0.2, 0) is 25.7 Å². The fourth-order valence-electron chi connectivity index (χ4n) is 4.77. The van der Waals surface area contributed by atoms with Gasteiger partial charge in [-0.25, -0.2) is 0 Å². The largest absolute Gasteiger partial charge is 0.497 e. The Labute approximate surface area is 242 Å². The van der Waals surface area contributed by atoms with Gasteiger partial charge in [0.05, 0.1) is 42.7 Å². The minimum absolute atomic E-state index is 0.588. The molecule has 7 heteroatoms. The molecule has 0 spiro atoms. The molecule has 4 aromatic rings. The number of hydrogen-bond donors (Lipinski definition) is 0. The van der Waals surface area contributed by atoms with Crippen molar-refractivity contribution in [2.75, 3.05) is 42.7 Å². The first-order chi connectivity index (χ1) is 20.0. The van der Waals surface area contributed by atoms with Gasteiger partial charge in [0.15, 0.2) is 23.0 Å². The number of benzene rings is 4. The molecular formula is C34H38O7. The van der Waals surface area contributed by atoms with Crippen LogP contribution in [0.4, 0.5) is 0 Å². The topological polar surface area (TPSA) is 64.6 Å². The van der Waals surface area contributed by atoms with Gasteiger partial charge in [0.2, 0.25) is 5.75 Å². The number of hydrogen-bond acceptors (Lipinski definition) is 7. The molecule has 0 aliphatic rings. The molecule has 4 rings (SSSR count). The van der Waals surface area contributed by atoms with Crippen molar-refractivity contribution in [2.24, 2.45) is 0 Å². The van der Waals surface area contributed by atoms with Gasteiger partial charge in [0.25, 0.3) is 0 Å². The molecule has 0 heterocycles. The Hall–Kier alpha value is -4.52. The highest BCUT2D eigenvalue weighted by molar-refractivity contribution is 5.54. The molecule has 0 saturated carbocycles. The maximum atomic E-state index is 6.37. The molecule has 0 aromatic heterocycles. The first kappa shape index (κ1) is 29.5. The van der Waals surface area contributed by atoms with Gasteiger partial charge in [0.1, 0.15) is 17.2 Å². The van der Waals surface area contributed by atoms with E-state index in [0.717, 1.165) is 59.6 Å². The molecular weight excluding hydrogens is 520 g/mol. The number of rotatable bonds is 14. The van der Waals surface area contributed by atoms with Crippen LogP contribution in [0.3, 0.4) is 0 Å². The van der Waals surface area contributed by atoms with Crippen LogP contribution in [0.1, 0.15) is 22.3 Å². The molecule has 0 saturated heterocycles. The number of aryl methyl sites for hydroxylation is 4. The summed E-state index contributed by atoms with van der Waals surface area (Å²) < 4.78 is 39.5. The van der Waals surface area contributed by atoms with Crippen molar-refractivity contribution in [1.29, 1.82) is 0 Å². The van der Waals surface area contributed by atoms with Gasteiger partial charge >= 0.3 is 0 Å². The standard InChI is InChI=1S/C34H38O7/c1-35-27-11-7-9-24(17-27)15-16-26-21-31(30(37-3)22-29(26)36-2)41-28-12-8-10-23(18-28)13-14-25-19-32(38-4)34(40-6)33(20-25)39-5/h7-12,17-22H,13-16H2,1-6H3. The second kappa shape index (κ2) is 14.2. The highest BCUT2D eigenvalue weighted by atomic mass is 16.5. The zero-order valence-electron chi connectivity index (χ0n) is 24.6. The molecule has 41 heavy (non-hydrogen) atoms. The summed E-state index contributed by atoms with van der Waals surface area (Å²) in [6.07, 6.45) is 3.20. The van der Waals surface area contributed by atoms with Gasteiger partial charge in [0, 0.05) is 6.07 Å². The molecule has 0 bridgehead atoms. The highest BCUT2D eigenvalue weighted by Crippen LogP contribution is 2.40. The Bertz CT molecular complexity index is 1420. The van der Waals surface area contributed by atoms with E-state index in [9.17, 15) is 0 Å². The van der Waals surface area contributed by atoms with Gasteiger partial charge in [-0.2, -0.15) is 0 Å². The van der Waals surface area contributed by atoms with E-state index in [2.05, 4.69) is 24.3 Å². The SMILES string of the molecule is COc1cccc(CCc2cc(Oc3cccc(CCc4cc(OC)c(OC)c(OC)c4)c3)c(OC)cc2OC)c1. The van der Waals surface area contributed by atoms with Crippen molar-refractivity contribution in [3.63, 3.8) is 0 Å². The van der Waals surface area contributed by atoms with E-state index in [1.807, 2.05) is 48.5 Å². The van der Waals surface area contributed by atoms with Crippen molar-refractivity contribution < 1.29 is 33.2 Å². The molecule has 4 aromatic carbocycles. The first-order valence-corrected chi connectivity index (χ1v) is 13.4. The predicted molar refractivity (Wildman–Crippen MR) is 160 cm³/mol. The maximum absolute atomic E-state index is 6.37.